The van der Waals surface area contributed by atoms with Crippen LogP contribution >= 0.6 is 11.6 Å². The van der Waals surface area contributed by atoms with Crippen molar-refractivity contribution in [2.24, 2.45) is 11.8 Å². The van der Waals surface area contributed by atoms with E-state index in [-0.39, 0.29) is 40.1 Å². The number of carbonyl (C=O) groups is 2. The second-order valence-corrected chi connectivity index (χ2v) is 11.9. The van der Waals surface area contributed by atoms with Gasteiger partial charge in [-0.2, -0.15) is 0 Å². The third kappa shape index (κ3) is 4.73. The molecule has 1 aliphatic carbocycles. The maximum absolute atomic E-state index is 13.9. The first kappa shape index (κ1) is 24.7. The number of nitrogens with zero attached hydrogens (tertiary/aromatic N) is 1. The molecule has 0 aromatic heterocycles. The topological polar surface area (TPSA) is 83.6 Å². The van der Waals surface area contributed by atoms with Crippen molar-refractivity contribution in [1.82, 2.24) is 10.2 Å². The minimum absolute atomic E-state index is 0.00193. The Labute approximate surface area is 206 Å². The average molecular weight is 503 g/mol. The zero-order valence-corrected chi connectivity index (χ0v) is 21.3. The zero-order chi connectivity index (χ0) is 24.6. The molecule has 2 atom stereocenters. The molecule has 8 heteroatoms. The summed E-state index contributed by atoms with van der Waals surface area (Å²) >= 11 is 6.46. The molecule has 1 aliphatic heterocycles. The van der Waals surface area contributed by atoms with Crippen molar-refractivity contribution in [3.63, 3.8) is 0 Å². The van der Waals surface area contributed by atoms with Gasteiger partial charge < -0.3 is 10.2 Å². The number of hydrogen-bond donors (Lipinski definition) is 1. The fraction of sp³-hybridized carbons (Fsp3) is 0.462. The third-order valence-electron chi connectivity index (χ3n) is 7.29. The summed E-state index contributed by atoms with van der Waals surface area (Å²) in [6.07, 6.45) is 4.15. The van der Waals surface area contributed by atoms with E-state index in [9.17, 15) is 18.0 Å². The number of nitrogens with one attached hydrogen (secondary N) is 1. The summed E-state index contributed by atoms with van der Waals surface area (Å²) in [7, 11) is -3.40. The molecule has 0 spiro atoms. The monoisotopic (exact) mass is 502 g/mol. The van der Waals surface area contributed by atoms with Crippen molar-refractivity contribution in [3.8, 4) is 0 Å². The van der Waals surface area contributed by atoms with Crippen LogP contribution in [0.1, 0.15) is 43.4 Å². The highest BCUT2D eigenvalue weighted by Gasteiger charge is 2.47. The molecule has 2 aromatic rings. The van der Waals surface area contributed by atoms with Gasteiger partial charge in [0.15, 0.2) is 9.84 Å². The van der Waals surface area contributed by atoms with Crippen LogP contribution in [0.2, 0.25) is 5.02 Å². The number of benzene rings is 2. The molecule has 0 bridgehead atoms. The summed E-state index contributed by atoms with van der Waals surface area (Å²) in [6, 6.07) is 11.5. The summed E-state index contributed by atoms with van der Waals surface area (Å²) in [5, 5.41) is 3.33. The van der Waals surface area contributed by atoms with Crippen LogP contribution in [0.15, 0.2) is 47.4 Å². The highest BCUT2D eigenvalue weighted by molar-refractivity contribution is 7.90. The molecule has 1 N–H and O–H groups in total. The Kier molecular flexibility index (Phi) is 7.06. The Morgan fingerprint density at radius 3 is 2.21 bits per heavy atom. The van der Waals surface area contributed by atoms with Gasteiger partial charge in [-0.25, -0.2) is 8.42 Å². The number of hydrogen-bond acceptors (Lipinski definition) is 4. The quantitative estimate of drug-likeness (QED) is 0.624. The molecule has 1 heterocycles. The molecule has 0 unspecified atom stereocenters. The van der Waals surface area contributed by atoms with Crippen LogP contribution in [0.25, 0.3) is 0 Å². The van der Waals surface area contributed by atoms with Gasteiger partial charge in [0.2, 0.25) is 11.8 Å². The summed E-state index contributed by atoms with van der Waals surface area (Å²) in [6.45, 7) is 4.21. The standard InChI is InChI=1S/C26H31ClN2O4S/c1-4-16(5-2)24-25(30)28-23(20-12-17-8-6-7-9-18(17)13-20)26(31)29(24)15-19-10-11-21(14-22(19)27)34(3,32)33/h6-11,14,16,20,23-24H,4-5,12-13,15H2,1-3H3,(H,28,30)/t23-,24-/m1/s1. The molecule has 0 saturated carbocycles. The molecular formula is C26H31ClN2O4S. The normalized spacial score (nSPS) is 21.1. The Hall–Kier alpha value is -2.38. The van der Waals surface area contributed by atoms with Gasteiger partial charge in [-0.15, -0.1) is 0 Å². The van der Waals surface area contributed by atoms with Crippen molar-refractivity contribution in [2.75, 3.05) is 6.26 Å². The fourth-order valence-electron chi connectivity index (χ4n) is 5.36. The molecule has 6 nitrogen and oxygen atoms in total. The van der Waals surface area contributed by atoms with Crippen molar-refractivity contribution in [3.05, 3.63) is 64.2 Å². The van der Waals surface area contributed by atoms with Crippen LogP contribution in [0.3, 0.4) is 0 Å². The lowest BCUT2D eigenvalue weighted by molar-refractivity contribution is -0.154. The van der Waals surface area contributed by atoms with E-state index in [1.54, 1.807) is 11.0 Å². The van der Waals surface area contributed by atoms with E-state index < -0.39 is 21.9 Å². The molecule has 1 saturated heterocycles. The molecule has 4 rings (SSSR count). The van der Waals surface area contributed by atoms with Crippen LogP contribution in [0.5, 0.6) is 0 Å². The first-order chi connectivity index (χ1) is 16.1. The van der Waals surface area contributed by atoms with Crippen molar-refractivity contribution < 1.29 is 18.0 Å². The molecule has 2 aliphatic rings. The Morgan fingerprint density at radius 2 is 1.68 bits per heavy atom. The highest BCUT2D eigenvalue weighted by atomic mass is 35.5. The summed E-state index contributed by atoms with van der Waals surface area (Å²) in [5.41, 5.74) is 3.08. The number of rotatable bonds is 7. The van der Waals surface area contributed by atoms with E-state index in [0.29, 0.717) is 5.56 Å². The number of fused-ring (bicyclic) bond motifs is 1. The first-order valence-electron chi connectivity index (χ1n) is 11.8. The highest BCUT2D eigenvalue weighted by Crippen LogP contribution is 2.34. The van der Waals surface area contributed by atoms with E-state index in [0.717, 1.165) is 31.9 Å². The maximum Gasteiger partial charge on any atom is 0.246 e. The third-order valence-corrected chi connectivity index (χ3v) is 8.76. The maximum atomic E-state index is 13.9. The van der Waals surface area contributed by atoms with Gasteiger partial charge in [-0.3, -0.25) is 9.59 Å². The van der Waals surface area contributed by atoms with Crippen LogP contribution in [0.4, 0.5) is 0 Å². The first-order valence-corrected chi connectivity index (χ1v) is 14.1. The minimum atomic E-state index is -3.40. The molecule has 182 valence electrons. The number of carbonyl (C=O) groups excluding carboxylic acids is 2. The SMILES string of the molecule is CCC(CC)[C@@H]1C(=O)N[C@H](C2Cc3ccccc3C2)C(=O)N1Cc1ccc(S(C)(=O)=O)cc1Cl. The fourth-order valence-corrected chi connectivity index (χ4v) is 6.31. The number of piperazine rings is 1. The minimum Gasteiger partial charge on any atom is -0.342 e. The molecule has 0 radical (unpaired) electrons. The second-order valence-electron chi connectivity index (χ2n) is 9.44. The Balaban J connectivity index is 1.66. The van der Waals surface area contributed by atoms with Crippen molar-refractivity contribution in [2.45, 2.75) is 63.1 Å². The van der Waals surface area contributed by atoms with Gasteiger partial charge in [-0.1, -0.05) is 68.6 Å². The average Bonchev–Trinajstić information content (AvgIpc) is 3.23. The van der Waals surface area contributed by atoms with Crippen molar-refractivity contribution >= 4 is 33.3 Å². The van der Waals surface area contributed by atoms with Crippen LogP contribution in [-0.4, -0.2) is 43.5 Å². The lowest BCUT2D eigenvalue weighted by Crippen LogP contribution is -2.66. The van der Waals surface area contributed by atoms with Gasteiger partial charge in [0.25, 0.3) is 0 Å². The second kappa shape index (κ2) is 9.70. The zero-order valence-electron chi connectivity index (χ0n) is 19.8. The van der Waals surface area contributed by atoms with E-state index in [2.05, 4.69) is 17.4 Å². The van der Waals surface area contributed by atoms with Crippen LogP contribution in [0, 0.1) is 11.8 Å². The lowest BCUT2D eigenvalue weighted by Gasteiger charge is -2.43. The number of halogens is 1. The van der Waals surface area contributed by atoms with Crippen LogP contribution in [-0.2, 0) is 38.8 Å². The van der Waals surface area contributed by atoms with Gasteiger partial charge in [0.05, 0.1) is 4.90 Å². The van der Waals surface area contributed by atoms with E-state index in [1.165, 1.54) is 23.3 Å². The molecular weight excluding hydrogens is 472 g/mol. The van der Waals surface area contributed by atoms with Gasteiger partial charge in [-0.05, 0) is 53.5 Å². The largest absolute Gasteiger partial charge is 0.342 e. The number of amides is 2. The lowest BCUT2D eigenvalue weighted by atomic mass is 9.86. The van der Waals surface area contributed by atoms with Crippen molar-refractivity contribution in [1.29, 1.82) is 0 Å². The van der Waals surface area contributed by atoms with Gasteiger partial charge in [0, 0.05) is 17.8 Å². The summed E-state index contributed by atoms with van der Waals surface area (Å²) in [5.74, 6) is -0.211. The van der Waals surface area contributed by atoms with E-state index in [1.807, 2.05) is 26.0 Å². The molecule has 2 amide bonds. The smallest absolute Gasteiger partial charge is 0.246 e. The Morgan fingerprint density at radius 1 is 1.06 bits per heavy atom. The van der Waals surface area contributed by atoms with Gasteiger partial charge >= 0.3 is 0 Å². The molecule has 1 fully saturated rings. The van der Waals surface area contributed by atoms with E-state index >= 15 is 0 Å². The predicted molar refractivity (Wildman–Crippen MR) is 132 cm³/mol. The summed E-state index contributed by atoms with van der Waals surface area (Å²) in [4.78, 5) is 29.1. The van der Waals surface area contributed by atoms with Gasteiger partial charge in [0.1, 0.15) is 12.1 Å². The summed E-state index contributed by atoms with van der Waals surface area (Å²) < 4.78 is 23.8. The Bertz CT molecular complexity index is 1180. The van der Waals surface area contributed by atoms with E-state index in [4.69, 9.17) is 11.6 Å². The number of sulfone groups is 1. The molecule has 34 heavy (non-hydrogen) atoms. The van der Waals surface area contributed by atoms with Crippen LogP contribution < -0.4 is 5.32 Å². The predicted octanol–water partition coefficient (Wildman–Crippen LogP) is 3.79. The molecule has 2 aromatic carbocycles.